The first kappa shape index (κ1) is 15.9. The minimum atomic E-state index is -0.562. The molecule has 1 atom stereocenters. The van der Waals surface area contributed by atoms with Crippen molar-refractivity contribution >= 4 is 5.91 Å². The zero-order valence-corrected chi connectivity index (χ0v) is 12.8. The zero-order valence-electron chi connectivity index (χ0n) is 12.8. The highest BCUT2D eigenvalue weighted by Gasteiger charge is 2.19. The molecule has 2 rings (SSSR count). The molecule has 1 amide bonds. The minimum absolute atomic E-state index is 0.111. The molecule has 0 aliphatic heterocycles. The van der Waals surface area contributed by atoms with Crippen LogP contribution < -0.4 is 10.1 Å². The Morgan fingerprint density at radius 2 is 2.23 bits per heavy atom. The van der Waals surface area contributed by atoms with E-state index in [1.807, 2.05) is 13.8 Å². The number of benzene rings is 1. The summed E-state index contributed by atoms with van der Waals surface area (Å²) in [5, 5.41) is 6.93. The van der Waals surface area contributed by atoms with Crippen molar-refractivity contribution in [1.29, 1.82) is 0 Å². The number of nitrogens with one attached hydrogen (secondary N) is 1. The molecule has 0 spiro atoms. The quantitative estimate of drug-likeness (QED) is 0.884. The fraction of sp³-hybridized carbons (Fsp3) is 0.400. The Kier molecular flexibility index (Phi) is 5.08. The Balaban J connectivity index is 2.09. The number of ether oxygens (including phenoxy) is 1. The second-order valence-corrected chi connectivity index (χ2v) is 5.29. The van der Waals surface area contributed by atoms with E-state index in [-0.39, 0.29) is 29.2 Å². The lowest BCUT2D eigenvalue weighted by Crippen LogP contribution is -2.41. The second-order valence-electron chi connectivity index (χ2n) is 5.29. The third-order valence-corrected chi connectivity index (χ3v) is 3.39. The molecule has 1 aromatic carbocycles. The maximum Gasteiger partial charge on any atom is 0.251 e. The molecule has 0 aliphatic rings. The zero-order chi connectivity index (χ0) is 16.1. The molecule has 6 nitrogen and oxygen atoms in total. The molecular weight excluding hydrogens is 287 g/mol. The summed E-state index contributed by atoms with van der Waals surface area (Å²) in [7, 11) is 1.38. The van der Waals surface area contributed by atoms with Crippen molar-refractivity contribution in [2.45, 2.75) is 26.4 Å². The van der Waals surface area contributed by atoms with Crippen LogP contribution in [0.25, 0.3) is 0 Å². The summed E-state index contributed by atoms with van der Waals surface area (Å²) in [6, 6.07) is 4.00. The molecule has 0 radical (unpaired) electrons. The molecule has 2 aromatic rings. The van der Waals surface area contributed by atoms with Crippen LogP contribution in [0.4, 0.5) is 4.39 Å². The lowest BCUT2D eigenvalue weighted by atomic mass is 10.0. The summed E-state index contributed by atoms with van der Waals surface area (Å²) in [4.78, 5) is 16.2. The Morgan fingerprint density at radius 3 is 2.77 bits per heavy atom. The van der Waals surface area contributed by atoms with Gasteiger partial charge in [0, 0.05) is 5.56 Å². The summed E-state index contributed by atoms with van der Waals surface area (Å²) in [5.41, 5.74) is 0.252. The number of halogens is 1. The lowest BCUT2D eigenvalue weighted by molar-refractivity contribution is 0.0919. The SMILES string of the molecule is COc1ccc(C(=O)NC(Cn2cncn2)C(C)C)cc1F. The molecule has 0 saturated carbocycles. The van der Waals surface area contributed by atoms with Crippen molar-refractivity contribution in [3.8, 4) is 5.75 Å². The predicted octanol–water partition coefficient (Wildman–Crippen LogP) is 1.88. The lowest BCUT2D eigenvalue weighted by Gasteiger charge is -2.22. The molecule has 0 saturated heterocycles. The number of aromatic nitrogens is 3. The van der Waals surface area contributed by atoms with Gasteiger partial charge in [-0.05, 0) is 24.1 Å². The first-order chi connectivity index (χ1) is 10.5. The van der Waals surface area contributed by atoms with E-state index >= 15 is 0 Å². The number of carbonyl (C=O) groups is 1. The topological polar surface area (TPSA) is 69.0 Å². The number of carbonyl (C=O) groups excluding carboxylic acids is 1. The van der Waals surface area contributed by atoms with Gasteiger partial charge in [-0.2, -0.15) is 5.10 Å². The van der Waals surface area contributed by atoms with Crippen LogP contribution in [0.5, 0.6) is 5.75 Å². The van der Waals surface area contributed by atoms with Crippen LogP contribution in [0.15, 0.2) is 30.9 Å². The summed E-state index contributed by atoms with van der Waals surface area (Å²) >= 11 is 0. The van der Waals surface area contributed by atoms with Gasteiger partial charge < -0.3 is 10.1 Å². The largest absolute Gasteiger partial charge is 0.494 e. The number of rotatable bonds is 6. The molecule has 0 fully saturated rings. The Labute approximate surface area is 128 Å². The molecule has 0 bridgehead atoms. The fourth-order valence-corrected chi connectivity index (χ4v) is 2.01. The standard InChI is InChI=1S/C15H19FN4O2/c1-10(2)13(7-20-9-17-8-18-20)19-15(21)11-4-5-14(22-3)12(16)6-11/h4-6,8-10,13H,7H2,1-3H3,(H,19,21). The maximum absolute atomic E-state index is 13.7. The highest BCUT2D eigenvalue weighted by molar-refractivity contribution is 5.94. The van der Waals surface area contributed by atoms with Crippen molar-refractivity contribution in [1.82, 2.24) is 20.1 Å². The molecule has 7 heteroatoms. The third-order valence-electron chi connectivity index (χ3n) is 3.39. The summed E-state index contributed by atoms with van der Waals surface area (Å²) < 4.78 is 20.2. The van der Waals surface area contributed by atoms with E-state index in [1.54, 1.807) is 11.0 Å². The minimum Gasteiger partial charge on any atom is -0.494 e. The summed E-state index contributed by atoms with van der Waals surface area (Å²) in [6.45, 7) is 4.50. The van der Waals surface area contributed by atoms with Crippen LogP contribution in [0.1, 0.15) is 24.2 Å². The van der Waals surface area contributed by atoms with E-state index in [0.29, 0.717) is 6.54 Å². The van der Waals surface area contributed by atoms with E-state index in [1.165, 1.54) is 31.6 Å². The van der Waals surface area contributed by atoms with E-state index in [0.717, 1.165) is 0 Å². The Bertz CT molecular complexity index is 628. The van der Waals surface area contributed by atoms with Crippen LogP contribution in [0, 0.1) is 11.7 Å². The van der Waals surface area contributed by atoms with E-state index in [2.05, 4.69) is 15.4 Å². The van der Waals surface area contributed by atoms with Crippen molar-refractivity contribution in [3.05, 3.63) is 42.2 Å². The predicted molar refractivity (Wildman–Crippen MR) is 79.1 cm³/mol. The van der Waals surface area contributed by atoms with Gasteiger partial charge in [-0.3, -0.25) is 9.48 Å². The van der Waals surface area contributed by atoms with E-state index < -0.39 is 5.82 Å². The molecule has 22 heavy (non-hydrogen) atoms. The monoisotopic (exact) mass is 306 g/mol. The highest BCUT2D eigenvalue weighted by Crippen LogP contribution is 2.18. The molecule has 1 unspecified atom stereocenters. The summed E-state index contributed by atoms with van der Waals surface area (Å²) in [5.74, 6) is -0.594. The van der Waals surface area contributed by atoms with E-state index in [4.69, 9.17) is 4.74 Å². The second kappa shape index (κ2) is 7.02. The van der Waals surface area contributed by atoms with Gasteiger partial charge >= 0.3 is 0 Å². The summed E-state index contributed by atoms with van der Waals surface area (Å²) in [6.07, 6.45) is 3.03. The van der Waals surface area contributed by atoms with Gasteiger partial charge in [0.2, 0.25) is 0 Å². The highest BCUT2D eigenvalue weighted by atomic mass is 19.1. The Morgan fingerprint density at radius 1 is 1.45 bits per heavy atom. The average molecular weight is 306 g/mol. The molecule has 1 aromatic heterocycles. The van der Waals surface area contributed by atoms with Crippen molar-refractivity contribution in [2.24, 2.45) is 5.92 Å². The van der Waals surface area contributed by atoms with Crippen molar-refractivity contribution in [2.75, 3.05) is 7.11 Å². The van der Waals surface area contributed by atoms with Crippen molar-refractivity contribution < 1.29 is 13.9 Å². The normalized spacial score (nSPS) is 12.2. The Hall–Kier alpha value is -2.44. The van der Waals surface area contributed by atoms with Gasteiger partial charge in [0.05, 0.1) is 19.7 Å². The van der Waals surface area contributed by atoms with Gasteiger partial charge in [-0.15, -0.1) is 0 Å². The van der Waals surface area contributed by atoms with Gasteiger partial charge in [0.25, 0.3) is 5.91 Å². The number of hydrogen-bond acceptors (Lipinski definition) is 4. The fourth-order valence-electron chi connectivity index (χ4n) is 2.01. The first-order valence-corrected chi connectivity index (χ1v) is 6.98. The van der Waals surface area contributed by atoms with Crippen LogP contribution in [0.2, 0.25) is 0 Å². The molecule has 1 heterocycles. The van der Waals surface area contributed by atoms with Gasteiger partial charge in [-0.1, -0.05) is 13.8 Å². The van der Waals surface area contributed by atoms with Gasteiger partial charge in [-0.25, -0.2) is 9.37 Å². The maximum atomic E-state index is 13.7. The number of methoxy groups -OCH3 is 1. The number of amides is 1. The molecule has 118 valence electrons. The van der Waals surface area contributed by atoms with E-state index in [9.17, 15) is 9.18 Å². The molecule has 0 aliphatic carbocycles. The van der Waals surface area contributed by atoms with Gasteiger partial charge in [0.1, 0.15) is 12.7 Å². The molecule has 1 N–H and O–H groups in total. The average Bonchev–Trinajstić information content (AvgIpc) is 2.99. The van der Waals surface area contributed by atoms with Crippen molar-refractivity contribution in [3.63, 3.8) is 0 Å². The number of nitrogens with zero attached hydrogens (tertiary/aromatic N) is 3. The van der Waals surface area contributed by atoms with Crippen LogP contribution in [-0.4, -0.2) is 33.8 Å². The van der Waals surface area contributed by atoms with Crippen LogP contribution >= 0.6 is 0 Å². The molecular formula is C15H19FN4O2. The smallest absolute Gasteiger partial charge is 0.251 e. The van der Waals surface area contributed by atoms with Gasteiger partial charge in [0.15, 0.2) is 11.6 Å². The third kappa shape index (κ3) is 3.81. The van der Waals surface area contributed by atoms with Crippen LogP contribution in [0.3, 0.4) is 0 Å². The number of hydrogen-bond donors (Lipinski definition) is 1. The van der Waals surface area contributed by atoms with Crippen LogP contribution in [-0.2, 0) is 6.54 Å². The first-order valence-electron chi connectivity index (χ1n) is 6.98.